The maximum Gasteiger partial charge on any atom is 0.254 e. The lowest BCUT2D eigenvalue weighted by atomic mass is 9.96. The summed E-state index contributed by atoms with van der Waals surface area (Å²) in [6.07, 6.45) is 2.78. The van der Waals surface area contributed by atoms with Crippen molar-refractivity contribution < 1.29 is 9.90 Å². The standard InChI is InChI=1S/C13H19ClN2O2/c1-3-9(4-2)11(17)8-16-13(18)10-6-5-7-15-12(10)14/h5-7,9,11,17H,3-4,8H2,1-2H3,(H,16,18). The predicted molar refractivity (Wildman–Crippen MR) is 71.7 cm³/mol. The molecule has 0 aliphatic rings. The lowest BCUT2D eigenvalue weighted by Gasteiger charge is -2.20. The van der Waals surface area contributed by atoms with E-state index in [9.17, 15) is 9.90 Å². The van der Waals surface area contributed by atoms with Gasteiger partial charge in [0.05, 0.1) is 11.7 Å². The Morgan fingerprint density at radius 3 is 2.72 bits per heavy atom. The number of amides is 1. The molecule has 0 saturated heterocycles. The fourth-order valence-corrected chi connectivity index (χ4v) is 2.05. The van der Waals surface area contributed by atoms with Crippen LogP contribution in [0.1, 0.15) is 37.0 Å². The van der Waals surface area contributed by atoms with Gasteiger partial charge in [0.25, 0.3) is 5.91 Å². The van der Waals surface area contributed by atoms with E-state index in [1.165, 1.54) is 6.20 Å². The van der Waals surface area contributed by atoms with Crippen molar-refractivity contribution in [2.45, 2.75) is 32.8 Å². The van der Waals surface area contributed by atoms with Gasteiger partial charge in [0.2, 0.25) is 0 Å². The van der Waals surface area contributed by atoms with E-state index in [2.05, 4.69) is 10.3 Å². The molecule has 100 valence electrons. The van der Waals surface area contributed by atoms with Gasteiger partial charge in [0, 0.05) is 12.7 Å². The van der Waals surface area contributed by atoms with Crippen LogP contribution in [0.25, 0.3) is 0 Å². The Hall–Kier alpha value is -1.13. The average Bonchev–Trinajstić information content (AvgIpc) is 2.38. The van der Waals surface area contributed by atoms with Gasteiger partial charge in [-0.05, 0) is 18.1 Å². The molecule has 0 saturated carbocycles. The smallest absolute Gasteiger partial charge is 0.254 e. The molecule has 0 spiro atoms. The molecule has 0 aliphatic carbocycles. The summed E-state index contributed by atoms with van der Waals surface area (Å²) < 4.78 is 0. The molecule has 0 aromatic carbocycles. The van der Waals surface area contributed by atoms with Crippen LogP contribution >= 0.6 is 11.6 Å². The van der Waals surface area contributed by atoms with Crippen molar-refractivity contribution in [1.29, 1.82) is 0 Å². The van der Waals surface area contributed by atoms with Crippen LogP contribution in [0.5, 0.6) is 0 Å². The van der Waals surface area contributed by atoms with Crippen molar-refractivity contribution in [1.82, 2.24) is 10.3 Å². The Morgan fingerprint density at radius 2 is 2.17 bits per heavy atom. The lowest BCUT2D eigenvalue weighted by Crippen LogP contribution is -2.36. The first-order valence-corrected chi connectivity index (χ1v) is 6.54. The molecule has 1 aromatic rings. The van der Waals surface area contributed by atoms with Gasteiger partial charge in [-0.15, -0.1) is 0 Å². The quantitative estimate of drug-likeness (QED) is 0.780. The number of pyridine rings is 1. The normalized spacial score (nSPS) is 12.5. The molecule has 1 rings (SSSR count). The number of aliphatic hydroxyl groups is 1. The number of nitrogens with zero attached hydrogens (tertiary/aromatic N) is 1. The van der Waals surface area contributed by atoms with E-state index in [4.69, 9.17) is 11.6 Å². The molecule has 4 nitrogen and oxygen atoms in total. The Morgan fingerprint density at radius 1 is 1.50 bits per heavy atom. The SMILES string of the molecule is CCC(CC)C(O)CNC(=O)c1cccnc1Cl. The van der Waals surface area contributed by atoms with E-state index < -0.39 is 6.10 Å². The van der Waals surface area contributed by atoms with Crippen LogP contribution in [0, 0.1) is 5.92 Å². The highest BCUT2D eigenvalue weighted by molar-refractivity contribution is 6.32. The number of carbonyl (C=O) groups is 1. The van der Waals surface area contributed by atoms with Crippen molar-refractivity contribution >= 4 is 17.5 Å². The maximum absolute atomic E-state index is 11.8. The first-order valence-electron chi connectivity index (χ1n) is 6.16. The molecule has 18 heavy (non-hydrogen) atoms. The van der Waals surface area contributed by atoms with Gasteiger partial charge in [-0.3, -0.25) is 4.79 Å². The Labute approximate surface area is 112 Å². The minimum Gasteiger partial charge on any atom is -0.391 e. The second-order valence-electron chi connectivity index (χ2n) is 4.20. The summed E-state index contributed by atoms with van der Waals surface area (Å²) in [4.78, 5) is 15.7. The Kier molecular flexibility index (Phi) is 6.09. The number of carbonyl (C=O) groups excluding carboxylic acids is 1. The number of hydrogen-bond donors (Lipinski definition) is 2. The predicted octanol–water partition coefficient (Wildman–Crippen LogP) is 2.26. The fraction of sp³-hybridized carbons (Fsp3) is 0.538. The third-order valence-corrected chi connectivity index (χ3v) is 3.37. The molecule has 1 unspecified atom stereocenters. The molecule has 1 atom stereocenters. The number of rotatable bonds is 6. The molecule has 1 aromatic heterocycles. The highest BCUT2D eigenvalue weighted by Gasteiger charge is 2.17. The van der Waals surface area contributed by atoms with E-state index in [0.717, 1.165) is 12.8 Å². The molecule has 0 radical (unpaired) electrons. The summed E-state index contributed by atoms with van der Waals surface area (Å²) in [6, 6.07) is 3.26. The van der Waals surface area contributed by atoms with Crippen LogP contribution < -0.4 is 5.32 Å². The Bertz CT molecular complexity index is 394. The zero-order chi connectivity index (χ0) is 13.5. The van der Waals surface area contributed by atoms with Crippen LogP contribution in [0.2, 0.25) is 5.15 Å². The largest absolute Gasteiger partial charge is 0.391 e. The highest BCUT2D eigenvalue weighted by atomic mass is 35.5. The van der Waals surface area contributed by atoms with E-state index in [1.54, 1.807) is 12.1 Å². The van der Waals surface area contributed by atoms with Gasteiger partial charge < -0.3 is 10.4 Å². The molecule has 1 heterocycles. The van der Waals surface area contributed by atoms with E-state index in [0.29, 0.717) is 5.56 Å². The second-order valence-corrected chi connectivity index (χ2v) is 4.55. The molecular weight excluding hydrogens is 252 g/mol. The lowest BCUT2D eigenvalue weighted by molar-refractivity contribution is 0.0816. The van der Waals surface area contributed by atoms with Gasteiger partial charge in [-0.2, -0.15) is 0 Å². The van der Waals surface area contributed by atoms with Crippen molar-refractivity contribution in [3.8, 4) is 0 Å². The van der Waals surface area contributed by atoms with Gasteiger partial charge in [-0.25, -0.2) is 4.98 Å². The summed E-state index contributed by atoms with van der Waals surface area (Å²) in [7, 11) is 0. The average molecular weight is 271 g/mol. The molecule has 0 fully saturated rings. The first-order chi connectivity index (χ1) is 8.60. The van der Waals surface area contributed by atoms with Gasteiger partial charge >= 0.3 is 0 Å². The van der Waals surface area contributed by atoms with Crippen LogP contribution in [-0.4, -0.2) is 28.6 Å². The van der Waals surface area contributed by atoms with Crippen LogP contribution in [0.3, 0.4) is 0 Å². The van der Waals surface area contributed by atoms with Gasteiger partial charge in [0.15, 0.2) is 0 Å². The summed E-state index contributed by atoms with van der Waals surface area (Å²) in [5.41, 5.74) is 0.330. The van der Waals surface area contributed by atoms with Crippen molar-refractivity contribution in [2.75, 3.05) is 6.54 Å². The summed E-state index contributed by atoms with van der Waals surface area (Å²) in [5, 5.41) is 12.8. The molecule has 0 aliphatic heterocycles. The van der Waals surface area contributed by atoms with Gasteiger partial charge in [-0.1, -0.05) is 38.3 Å². The summed E-state index contributed by atoms with van der Waals surface area (Å²) in [5.74, 6) is -0.104. The topological polar surface area (TPSA) is 62.2 Å². The van der Waals surface area contributed by atoms with E-state index in [-0.39, 0.29) is 23.5 Å². The minimum atomic E-state index is -0.528. The number of halogens is 1. The van der Waals surface area contributed by atoms with Crippen LogP contribution in [-0.2, 0) is 0 Å². The van der Waals surface area contributed by atoms with Crippen molar-refractivity contribution in [2.24, 2.45) is 5.92 Å². The third kappa shape index (κ3) is 3.96. The number of aromatic nitrogens is 1. The van der Waals surface area contributed by atoms with Crippen molar-refractivity contribution in [3.63, 3.8) is 0 Å². The molecule has 0 bridgehead atoms. The minimum absolute atomic E-state index is 0.173. The van der Waals surface area contributed by atoms with Crippen LogP contribution in [0.4, 0.5) is 0 Å². The van der Waals surface area contributed by atoms with E-state index in [1.807, 2.05) is 13.8 Å². The molecule has 1 amide bonds. The summed E-state index contributed by atoms with van der Waals surface area (Å²) >= 11 is 5.82. The van der Waals surface area contributed by atoms with Gasteiger partial charge in [0.1, 0.15) is 5.15 Å². The fourth-order valence-electron chi connectivity index (χ4n) is 1.85. The molecule has 5 heteroatoms. The Balaban J connectivity index is 2.54. The maximum atomic E-state index is 11.8. The van der Waals surface area contributed by atoms with E-state index >= 15 is 0 Å². The number of nitrogens with one attached hydrogen (secondary N) is 1. The molecule has 2 N–H and O–H groups in total. The van der Waals surface area contributed by atoms with Crippen molar-refractivity contribution in [3.05, 3.63) is 29.0 Å². The zero-order valence-electron chi connectivity index (χ0n) is 10.7. The third-order valence-electron chi connectivity index (χ3n) is 3.07. The zero-order valence-corrected chi connectivity index (χ0v) is 11.4. The van der Waals surface area contributed by atoms with Crippen LogP contribution in [0.15, 0.2) is 18.3 Å². The second kappa shape index (κ2) is 7.34. The summed E-state index contributed by atoms with van der Waals surface area (Å²) in [6.45, 7) is 4.28. The molecular formula is C13H19ClN2O2. The number of aliphatic hydroxyl groups excluding tert-OH is 1. The first kappa shape index (κ1) is 14.9. The number of hydrogen-bond acceptors (Lipinski definition) is 3. The highest BCUT2D eigenvalue weighted by Crippen LogP contribution is 2.14. The monoisotopic (exact) mass is 270 g/mol.